The first kappa shape index (κ1) is 102. The number of hydrogen-bond donors (Lipinski definition) is 4. The molecule has 16 heterocycles. The van der Waals surface area contributed by atoms with Gasteiger partial charge >= 0.3 is 0 Å². The number of H-pyrrole nitrogens is 4. The molecular formula is C125H152N14O4. The highest BCUT2D eigenvalue weighted by molar-refractivity contribution is 5.97. The average molecular weight is 1910 g/mol. The van der Waals surface area contributed by atoms with Crippen molar-refractivity contribution < 1.29 is 18.9 Å². The molecule has 20 bridgehead atoms. The summed E-state index contributed by atoms with van der Waals surface area (Å²) in [6.45, 7) is 46.2. The Morgan fingerprint density at radius 3 is 0.979 bits per heavy atom. The molecular weight excluding hydrogens is 1760 g/mol. The van der Waals surface area contributed by atoms with Gasteiger partial charge in [0.2, 0.25) is 0 Å². The third-order valence-electron chi connectivity index (χ3n) is 28.7. The highest BCUT2D eigenvalue weighted by Gasteiger charge is 2.32. The molecule has 0 radical (unpaired) electrons. The van der Waals surface area contributed by atoms with Crippen molar-refractivity contribution in [2.75, 3.05) is 52.9 Å². The van der Waals surface area contributed by atoms with E-state index in [-0.39, 0.29) is 21.7 Å². The van der Waals surface area contributed by atoms with Gasteiger partial charge in [-0.1, -0.05) is 214 Å². The lowest BCUT2D eigenvalue weighted by Gasteiger charge is -2.32. The summed E-state index contributed by atoms with van der Waals surface area (Å²) < 4.78 is 31.1. The second-order valence-electron chi connectivity index (χ2n) is 45.9. The Morgan fingerprint density at radius 2 is 0.636 bits per heavy atom. The fraction of sp³-hybridized carbons (Fsp3) is 0.424. The van der Waals surface area contributed by atoms with E-state index in [9.17, 15) is 0 Å². The van der Waals surface area contributed by atoms with Crippen molar-refractivity contribution in [1.82, 2.24) is 68.9 Å². The average Bonchev–Trinajstić information content (AvgIpc) is 1.62. The molecule has 6 atom stereocenters. The van der Waals surface area contributed by atoms with Gasteiger partial charge in [-0.2, -0.15) is 0 Å². The van der Waals surface area contributed by atoms with Crippen LogP contribution in [0.3, 0.4) is 0 Å². The number of nitrogens with zero attached hydrogens (tertiary/aromatic N) is 10. The van der Waals surface area contributed by atoms with E-state index >= 15 is 0 Å². The molecule has 0 amide bonds. The van der Waals surface area contributed by atoms with Crippen LogP contribution in [0.1, 0.15) is 261 Å². The monoisotopic (exact) mass is 1910 g/mol. The van der Waals surface area contributed by atoms with E-state index in [1.807, 2.05) is 42.9 Å². The largest absolute Gasteiger partial charge is 0.377 e. The van der Waals surface area contributed by atoms with Crippen LogP contribution in [0.2, 0.25) is 0 Å². The summed E-state index contributed by atoms with van der Waals surface area (Å²) in [7, 11) is 0. The van der Waals surface area contributed by atoms with Crippen LogP contribution >= 0.6 is 0 Å². The molecule has 2 aromatic carbocycles. The van der Waals surface area contributed by atoms with Crippen LogP contribution in [-0.4, -0.2) is 122 Å². The number of aryl methyl sites for hydroxylation is 5. The summed E-state index contributed by atoms with van der Waals surface area (Å²) in [5, 5.41) is 0. The molecule has 18 nitrogen and oxygen atoms in total. The minimum atomic E-state index is 0.170. The molecule has 6 unspecified atom stereocenters. The van der Waals surface area contributed by atoms with Crippen molar-refractivity contribution in [3.05, 3.63) is 262 Å². The molecule has 0 saturated carbocycles. The van der Waals surface area contributed by atoms with Crippen LogP contribution < -0.4 is 0 Å². The smallest absolute Gasteiger partial charge is 0.144 e. The van der Waals surface area contributed by atoms with Crippen molar-refractivity contribution in [2.45, 2.75) is 234 Å². The van der Waals surface area contributed by atoms with Crippen LogP contribution in [0.25, 0.3) is 160 Å². The van der Waals surface area contributed by atoms with Crippen molar-refractivity contribution >= 4 is 92.7 Å². The van der Waals surface area contributed by atoms with Gasteiger partial charge in [0.1, 0.15) is 11.6 Å². The lowest BCUT2D eigenvalue weighted by molar-refractivity contribution is 0.151. The van der Waals surface area contributed by atoms with E-state index in [4.69, 9.17) is 53.8 Å². The second-order valence-corrected chi connectivity index (χ2v) is 45.9. The van der Waals surface area contributed by atoms with Crippen LogP contribution in [0.15, 0.2) is 189 Å². The number of ether oxygens (including phenoxy) is 4. The number of aromatic amines is 4. The maximum Gasteiger partial charge on any atom is 0.144 e. The van der Waals surface area contributed by atoms with Gasteiger partial charge in [-0.3, -0.25) is 9.97 Å². The van der Waals surface area contributed by atoms with Crippen molar-refractivity contribution in [1.29, 1.82) is 0 Å². The zero-order valence-electron chi connectivity index (χ0n) is 88.0. The van der Waals surface area contributed by atoms with E-state index in [1.165, 1.54) is 31.2 Å². The predicted molar refractivity (Wildman–Crippen MR) is 595 cm³/mol. The summed E-state index contributed by atoms with van der Waals surface area (Å²) in [6, 6.07) is 45.6. The molecule has 18 rings (SSSR count). The maximum atomic E-state index is 6.56. The third-order valence-corrected chi connectivity index (χ3v) is 28.7. The Bertz CT molecular complexity index is 6900. The van der Waals surface area contributed by atoms with Crippen LogP contribution in [0.4, 0.5) is 0 Å². The van der Waals surface area contributed by atoms with Crippen LogP contribution in [-0.2, 0) is 57.7 Å². The maximum absolute atomic E-state index is 6.56. The van der Waals surface area contributed by atoms with Gasteiger partial charge in [0.15, 0.2) is 0 Å². The lowest BCUT2D eigenvalue weighted by Crippen LogP contribution is -2.24. The number of nitrogens with one attached hydrogen (secondary N) is 4. The fourth-order valence-corrected chi connectivity index (χ4v) is 22.4. The van der Waals surface area contributed by atoms with Gasteiger partial charge in [-0.15, -0.1) is 0 Å². The quantitative estimate of drug-likeness (QED) is 0.0467. The van der Waals surface area contributed by atoms with Crippen molar-refractivity contribution in [2.24, 2.45) is 57.2 Å². The van der Waals surface area contributed by atoms with Gasteiger partial charge in [0.05, 0.1) is 106 Å². The topological polar surface area (TPSA) is 213 Å². The Kier molecular flexibility index (Phi) is 33.0. The summed E-state index contributed by atoms with van der Waals surface area (Å²) >= 11 is 0. The highest BCUT2D eigenvalue weighted by atomic mass is 16.5. The standard InChI is InChI=1S/C125H152N14O4/c1-83-33-37-89(38-34-83)116-108-55-47-98(130-108)94-28-24-72-140-68-20-22-70-142-74-26-30-96-100-49-57-110(132-100)117(90-43-41-88(42-44-90)91-45-46-107(129-80-91)106-32-18-19-63-126-106)111-58-50-101(133-111)97(105-54-62-115(137-105)119(114-61-53-104(96)136-114)121-128-65-67-139(121)82-93(87(5)79-125(15,16)17)40-36-85(3)77-123(9,10)11)31-27-75-143-71-23-21-69-141-73-25-29-95(99-48-56-109(116)131-99)103-52-60-113(135-103)118(112-59-51-102(94)134-112)120-127-64-66-138(120)81-92(86(4)78-124(12,13)14)39-35-84(2)76-122(6,7)8/h18-23,32-34,37-38,41-67,80,84-87,92-93,130,133,135-136H,24-31,35-36,39-40,68-79,81-82H2,1-17H3/b22-20+,23-21+,98-94?,99-95?,100-96?,101-97?,102-94?,103-95?,104-96?,105-97?,116-108?,116-109?,117-110?,117-111?,118-112?,118-113?,119-114?,119-115?. The van der Waals surface area contributed by atoms with Crippen LogP contribution in [0.5, 0.6) is 0 Å². The van der Waals surface area contributed by atoms with Gasteiger partial charge in [0, 0.05) is 149 Å². The molecule has 6 aliphatic rings. The van der Waals surface area contributed by atoms with E-state index in [0.717, 1.165) is 244 Å². The Hall–Kier alpha value is -12.3. The van der Waals surface area contributed by atoms with Gasteiger partial charge in [-0.05, 0) is 286 Å². The number of rotatable bonds is 22. The molecule has 0 fully saturated rings. The number of pyridine rings is 2. The molecule has 4 N–H and O–H groups in total. The summed E-state index contributed by atoms with van der Waals surface area (Å²) in [5.74, 6) is 4.78. The van der Waals surface area contributed by atoms with E-state index in [2.05, 4.69) is 340 Å². The SMILES string of the molecule is Cc1ccc(-c2c3nc(c4c5ccc([nH]5)c(-c5nccn5CC(CCC(C)CC(C)(C)C)C(C)CC(C)(C)C)c5nc(c(c6ccc2[nH]6)CCCOC/C=C/COCCCc2c6nc(c(-c7ccc(-c8ccc(-c9ccccn9)nc8)cc7)c7ccc([nH]7)c(c7nc(c(-c8nccn8CC(CCC(C)CC(C)(C)C)C(C)CC(C)(C)C)c8ccc2[nH]8)C=C7)CCCOC/C=C/COCCC4)C=C6)C=C5)C=C3)cc1. The Morgan fingerprint density at radius 1 is 0.315 bits per heavy atom. The summed E-state index contributed by atoms with van der Waals surface area (Å²) in [4.78, 5) is 59.3. The van der Waals surface area contributed by atoms with Gasteiger partial charge in [-0.25, -0.2) is 29.9 Å². The summed E-state index contributed by atoms with van der Waals surface area (Å²) in [6.07, 6.45) is 53.1. The number of hydrogen-bond acceptors (Lipinski definition) is 12. The molecule has 746 valence electrons. The molecule has 0 saturated heterocycles. The Balaban J connectivity index is 0.726. The number of fused-ring (bicyclic) bond motifs is 24. The molecule has 143 heavy (non-hydrogen) atoms. The first-order chi connectivity index (χ1) is 68.9. The number of aromatic nitrogens is 14. The first-order valence-electron chi connectivity index (χ1n) is 52.9. The normalized spacial score (nSPS) is 16.5. The van der Waals surface area contributed by atoms with E-state index < -0.39 is 0 Å². The molecule has 0 aliphatic carbocycles. The number of imidazole rings is 2. The zero-order valence-corrected chi connectivity index (χ0v) is 88.0. The van der Waals surface area contributed by atoms with Gasteiger partial charge in [0.25, 0.3) is 0 Å². The van der Waals surface area contributed by atoms with E-state index in [1.54, 1.807) is 6.20 Å². The fourth-order valence-electron chi connectivity index (χ4n) is 22.4. The predicted octanol–water partition coefficient (Wildman–Crippen LogP) is 30.8. The molecule has 10 aromatic heterocycles. The van der Waals surface area contributed by atoms with E-state index in [0.29, 0.717) is 114 Å². The van der Waals surface area contributed by atoms with Gasteiger partial charge < -0.3 is 48.0 Å². The zero-order chi connectivity index (χ0) is 99.9. The van der Waals surface area contributed by atoms with Crippen molar-refractivity contribution in [3.63, 3.8) is 0 Å². The lowest BCUT2D eigenvalue weighted by atomic mass is 9.76. The molecule has 18 heteroatoms. The Labute approximate surface area is 848 Å². The third kappa shape index (κ3) is 26.6. The molecule has 6 aliphatic heterocycles. The molecule has 0 spiro atoms. The summed E-state index contributed by atoms with van der Waals surface area (Å²) in [5.41, 5.74) is 31.0. The highest BCUT2D eigenvalue weighted by Crippen LogP contribution is 2.44. The minimum Gasteiger partial charge on any atom is -0.377 e. The minimum absolute atomic E-state index is 0.170. The van der Waals surface area contributed by atoms with Crippen LogP contribution in [0, 0.1) is 64.1 Å². The molecule has 12 aromatic rings. The van der Waals surface area contributed by atoms with Crippen molar-refractivity contribution in [3.8, 4) is 67.5 Å². The number of benzene rings is 2. The second kappa shape index (κ2) is 46.2. The first-order valence-corrected chi connectivity index (χ1v) is 52.9.